The maximum Gasteiger partial charge on any atom is 0.237 e. The summed E-state index contributed by atoms with van der Waals surface area (Å²) in [5, 5.41) is 2.75. The van der Waals surface area contributed by atoms with Crippen LogP contribution in [0.15, 0.2) is 40.9 Å². The zero-order chi connectivity index (χ0) is 15.1. The standard InChI is InChI=1S/C16H21N3O2/c1-2-13-10-18-15(21-13)11-19-16(20)14(17)9-8-12-6-4-3-5-7-12/h3-7,10,14H,2,8-9,11,17H2,1H3,(H,19,20). The van der Waals surface area contributed by atoms with Crippen molar-refractivity contribution in [2.75, 3.05) is 0 Å². The molecule has 1 atom stereocenters. The number of hydrogen-bond donors (Lipinski definition) is 2. The summed E-state index contributed by atoms with van der Waals surface area (Å²) < 4.78 is 5.43. The molecular formula is C16H21N3O2. The van der Waals surface area contributed by atoms with Crippen LogP contribution in [-0.4, -0.2) is 16.9 Å². The molecule has 1 aromatic carbocycles. The number of carbonyl (C=O) groups excluding carboxylic acids is 1. The first-order chi connectivity index (χ1) is 10.2. The molecule has 2 aromatic rings. The number of nitrogens with zero attached hydrogens (tertiary/aromatic N) is 1. The molecule has 0 saturated carbocycles. The number of aryl methyl sites for hydroxylation is 2. The van der Waals surface area contributed by atoms with E-state index >= 15 is 0 Å². The molecule has 112 valence electrons. The zero-order valence-corrected chi connectivity index (χ0v) is 12.2. The van der Waals surface area contributed by atoms with Gasteiger partial charge in [-0.15, -0.1) is 0 Å². The molecule has 0 aliphatic heterocycles. The van der Waals surface area contributed by atoms with Gasteiger partial charge in [-0.1, -0.05) is 37.3 Å². The Morgan fingerprint density at radius 3 is 2.81 bits per heavy atom. The van der Waals surface area contributed by atoms with Gasteiger partial charge in [-0.3, -0.25) is 4.79 Å². The molecule has 0 aliphatic rings. The number of rotatable bonds is 7. The fourth-order valence-corrected chi connectivity index (χ4v) is 1.98. The van der Waals surface area contributed by atoms with Gasteiger partial charge in [0, 0.05) is 6.42 Å². The van der Waals surface area contributed by atoms with E-state index in [0.29, 0.717) is 12.3 Å². The molecule has 0 fully saturated rings. The second-order valence-electron chi connectivity index (χ2n) is 4.92. The van der Waals surface area contributed by atoms with Gasteiger partial charge < -0.3 is 15.5 Å². The lowest BCUT2D eigenvalue weighted by Crippen LogP contribution is -2.40. The monoisotopic (exact) mass is 287 g/mol. The van der Waals surface area contributed by atoms with E-state index in [2.05, 4.69) is 10.3 Å². The van der Waals surface area contributed by atoms with E-state index in [1.807, 2.05) is 37.3 Å². The van der Waals surface area contributed by atoms with Gasteiger partial charge in [-0.05, 0) is 18.4 Å². The maximum absolute atomic E-state index is 11.9. The van der Waals surface area contributed by atoms with Crippen LogP contribution in [0, 0.1) is 0 Å². The largest absolute Gasteiger partial charge is 0.444 e. The first kappa shape index (κ1) is 15.3. The lowest BCUT2D eigenvalue weighted by atomic mass is 10.1. The summed E-state index contributed by atoms with van der Waals surface area (Å²) >= 11 is 0. The van der Waals surface area contributed by atoms with Crippen LogP contribution >= 0.6 is 0 Å². The molecule has 1 unspecified atom stereocenters. The van der Waals surface area contributed by atoms with Crippen molar-refractivity contribution in [3.63, 3.8) is 0 Å². The van der Waals surface area contributed by atoms with E-state index in [4.69, 9.17) is 10.2 Å². The third-order valence-corrected chi connectivity index (χ3v) is 3.29. The van der Waals surface area contributed by atoms with E-state index in [0.717, 1.165) is 18.6 Å². The summed E-state index contributed by atoms with van der Waals surface area (Å²) in [6, 6.07) is 9.47. The average molecular weight is 287 g/mol. The van der Waals surface area contributed by atoms with E-state index in [-0.39, 0.29) is 12.5 Å². The van der Waals surface area contributed by atoms with Gasteiger partial charge in [-0.2, -0.15) is 0 Å². The molecule has 5 heteroatoms. The van der Waals surface area contributed by atoms with Crippen molar-refractivity contribution in [1.82, 2.24) is 10.3 Å². The van der Waals surface area contributed by atoms with Gasteiger partial charge in [0.2, 0.25) is 11.8 Å². The number of amides is 1. The molecule has 0 bridgehead atoms. The Morgan fingerprint density at radius 1 is 1.38 bits per heavy atom. The minimum absolute atomic E-state index is 0.179. The first-order valence-electron chi connectivity index (χ1n) is 7.20. The summed E-state index contributed by atoms with van der Waals surface area (Å²) in [5.41, 5.74) is 7.08. The lowest BCUT2D eigenvalue weighted by Gasteiger charge is -2.11. The van der Waals surface area contributed by atoms with Gasteiger partial charge in [0.25, 0.3) is 0 Å². The summed E-state index contributed by atoms with van der Waals surface area (Å²) in [6.45, 7) is 2.26. The van der Waals surface area contributed by atoms with Crippen molar-refractivity contribution in [3.05, 3.63) is 53.7 Å². The number of nitrogens with one attached hydrogen (secondary N) is 1. The van der Waals surface area contributed by atoms with Gasteiger partial charge >= 0.3 is 0 Å². The number of benzene rings is 1. The molecule has 1 aromatic heterocycles. The van der Waals surface area contributed by atoms with Crippen LogP contribution in [-0.2, 0) is 24.2 Å². The maximum atomic E-state index is 11.9. The van der Waals surface area contributed by atoms with Crippen molar-refractivity contribution in [2.45, 2.75) is 38.8 Å². The Kier molecular flexibility index (Phi) is 5.51. The Hall–Kier alpha value is -2.14. The second-order valence-corrected chi connectivity index (χ2v) is 4.92. The van der Waals surface area contributed by atoms with Gasteiger partial charge in [0.1, 0.15) is 5.76 Å². The molecule has 2 rings (SSSR count). The highest BCUT2D eigenvalue weighted by Gasteiger charge is 2.14. The van der Waals surface area contributed by atoms with Crippen LogP contribution in [0.2, 0.25) is 0 Å². The van der Waals surface area contributed by atoms with Crippen LogP contribution in [0.25, 0.3) is 0 Å². The molecule has 1 heterocycles. The van der Waals surface area contributed by atoms with Crippen molar-refractivity contribution < 1.29 is 9.21 Å². The van der Waals surface area contributed by atoms with E-state index in [1.165, 1.54) is 5.56 Å². The zero-order valence-electron chi connectivity index (χ0n) is 12.2. The molecule has 1 amide bonds. The molecule has 0 saturated heterocycles. The van der Waals surface area contributed by atoms with Crippen molar-refractivity contribution in [2.24, 2.45) is 5.73 Å². The van der Waals surface area contributed by atoms with Gasteiger partial charge in [0.15, 0.2) is 0 Å². The average Bonchev–Trinajstić information content (AvgIpc) is 2.99. The van der Waals surface area contributed by atoms with Crippen LogP contribution in [0.5, 0.6) is 0 Å². The highest BCUT2D eigenvalue weighted by atomic mass is 16.4. The van der Waals surface area contributed by atoms with Crippen molar-refractivity contribution >= 4 is 5.91 Å². The Morgan fingerprint density at radius 2 is 2.14 bits per heavy atom. The Balaban J connectivity index is 1.74. The lowest BCUT2D eigenvalue weighted by molar-refractivity contribution is -0.122. The number of hydrogen-bond acceptors (Lipinski definition) is 4. The minimum Gasteiger partial charge on any atom is -0.444 e. The fraction of sp³-hybridized carbons (Fsp3) is 0.375. The predicted molar refractivity (Wildman–Crippen MR) is 80.5 cm³/mol. The molecule has 0 aliphatic carbocycles. The smallest absolute Gasteiger partial charge is 0.237 e. The third-order valence-electron chi connectivity index (χ3n) is 3.29. The van der Waals surface area contributed by atoms with Crippen molar-refractivity contribution in [1.29, 1.82) is 0 Å². The first-order valence-corrected chi connectivity index (χ1v) is 7.20. The van der Waals surface area contributed by atoms with Gasteiger partial charge in [0.05, 0.1) is 18.8 Å². The molecular weight excluding hydrogens is 266 g/mol. The summed E-state index contributed by atoms with van der Waals surface area (Å²) in [6.07, 6.45) is 3.87. The molecule has 0 radical (unpaired) electrons. The predicted octanol–water partition coefficient (Wildman–Crippen LogP) is 1.81. The normalized spacial score (nSPS) is 12.1. The minimum atomic E-state index is -0.522. The number of nitrogens with two attached hydrogens (primary N) is 1. The highest BCUT2D eigenvalue weighted by Crippen LogP contribution is 2.05. The topological polar surface area (TPSA) is 81.2 Å². The van der Waals surface area contributed by atoms with Gasteiger partial charge in [-0.25, -0.2) is 4.98 Å². The number of carbonyl (C=O) groups is 1. The summed E-state index contributed by atoms with van der Waals surface area (Å²) in [4.78, 5) is 16.0. The van der Waals surface area contributed by atoms with Crippen LogP contribution in [0.3, 0.4) is 0 Å². The quantitative estimate of drug-likeness (QED) is 0.814. The van der Waals surface area contributed by atoms with E-state index in [1.54, 1.807) is 6.20 Å². The van der Waals surface area contributed by atoms with E-state index in [9.17, 15) is 4.79 Å². The van der Waals surface area contributed by atoms with Crippen LogP contribution in [0.1, 0.15) is 30.6 Å². The highest BCUT2D eigenvalue weighted by molar-refractivity contribution is 5.81. The number of aromatic nitrogens is 1. The third kappa shape index (κ3) is 4.72. The summed E-state index contributed by atoms with van der Waals surface area (Å²) in [7, 11) is 0. The molecule has 21 heavy (non-hydrogen) atoms. The summed E-state index contributed by atoms with van der Waals surface area (Å²) in [5.74, 6) is 1.14. The van der Waals surface area contributed by atoms with E-state index < -0.39 is 6.04 Å². The number of oxazole rings is 1. The van der Waals surface area contributed by atoms with Crippen molar-refractivity contribution in [3.8, 4) is 0 Å². The Labute approximate surface area is 124 Å². The van der Waals surface area contributed by atoms with Crippen LogP contribution < -0.4 is 11.1 Å². The molecule has 3 N–H and O–H groups in total. The van der Waals surface area contributed by atoms with Crippen LogP contribution in [0.4, 0.5) is 0 Å². The molecule has 5 nitrogen and oxygen atoms in total. The second kappa shape index (κ2) is 7.59. The fourth-order valence-electron chi connectivity index (χ4n) is 1.98. The SMILES string of the molecule is CCc1cnc(CNC(=O)C(N)CCc2ccccc2)o1. The molecule has 0 spiro atoms. The Bertz CT molecular complexity index is 566.